The molecule has 0 bridgehead atoms. The highest BCUT2D eigenvalue weighted by molar-refractivity contribution is 6.00. The van der Waals surface area contributed by atoms with E-state index in [-0.39, 0.29) is 17.9 Å². The quantitative estimate of drug-likeness (QED) is 0.706. The first-order chi connectivity index (χ1) is 14.6. The van der Waals surface area contributed by atoms with Crippen molar-refractivity contribution in [3.63, 3.8) is 0 Å². The lowest BCUT2D eigenvalue weighted by Crippen LogP contribution is -2.50. The van der Waals surface area contributed by atoms with Gasteiger partial charge in [0.25, 0.3) is 5.91 Å². The summed E-state index contributed by atoms with van der Waals surface area (Å²) < 4.78 is 2.09. The molecule has 1 aromatic heterocycles. The number of nitrogens with zero attached hydrogens (tertiary/aromatic N) is 2. The van der Waals surface area contributed by atoms with Gasteiger partial charge in [-0.05, 0) is 56.4 Å². The summed E-state index contributed by atoms with van der Waals surface area (Å²) in [6, 6.07) is 17.1. The Morgan fingerprint density at radius 1 is 1.07 bits per heavy atom. The fourth-order valence-corrected chi connectivity index (χ4v) is 4.19. The molecule has 1 aliphatic heterocycles. The number of nitrogens with one attached hydrogen (secondary N) is 2. The molecule has 2 aliphatic rings. The van der Waals surface area contributed by atoms with Crippen molar-refractivity contribution in [1.82, 2.24) is 20.2 Å². The van der Waals surface area contributed by atoms with Gasteiger partial charge < -0.3 is 15.2 Å². The first-order valence-corrected chi connectivity index (χ1v) is 10.4. The molecule has 152 valence electrons. The summed E-state index contributed by atoms with van der Waals surface area (Å²) in [5.41, 5.74) is 3.01. The van der Waals surface area contributed by atoms with E-state index in [1.165, 1.54) is 5.56 Å². The minimum Gasteiger partial charge on any atom is -0.344 e. The number of para-hydroxylation sites is 1. The zero-order valence-corrected chi connectivity index (χ0v) is 16.9. The third-order valence-electron chi connectivity index (χ3n) is 6.00. The SMILES string of the molecule is Cc1cn2c(n1)C(NC(=O)C1(NC(=O)c3ccccc3)CC1)CCc1ccccc1-2. The van der Waals surface area contributed by atoms with Gasteiger partial charge in [-0.25, -0.2) is 4.98 Å². The highest BCUT2D eigenvalue weighted by Gasteiger charge is 2.52. The molecule has 1 aliphatic carbocycles. The largest absolute Gasteiger partial charge is 0.344 e. The van der Waals surface area contributed by atoms with Crippen molar-refractivity contribution in [2.45, 2.75) is 44.2 Å². The Hall–Kier alpha value is -3.41. The lowest BCUT2D eigenvalue weighted by molar-refractivity contribution is -0.124. The second kappa shape index (κ2) is 7.13. The van der Waals surface area contributed by atoms with Gasteiger partial charge in [0.05, 0.1) is 11.7 Å². The molecule has 1 fully saturated rings. The highest BCUT2D eigenvalue weighted by atomic mass is 16.2. The molecule has 0 spiro atoms. The number of hydrogen-bond donors (Lipinski definition) is 2. The van der Waals surface area contributed by atoms with Gasteiger partial charge >= 0.3 is 0 Å². The van der Waals surface area contributed by atoms with Crippen LogP contribution in [0.4, 0.5) is 0 Å². The summed E-state index contributed by atoms with van der Waals surface area (Å²) >= 11 is 0. The molecule has 0 radical (unpaired) electrons. The zero-order valence-electron chi connectivity index (χ0n) is 16.9. The van der Waals surface area contributed by atoms with Crippen LogP contribution < -0.4 is 10.6 Å². The molecule has 2 aromatic carbocycles. The predicted molar refractivity (Wildman–Crippen MR) is 113 cm³/mol. The van der Waals surface area contributed by atoms with E-state index in [9.17, 15) is 9.59 Å². The van der Waals surface area contributed by atoms with Crippen molar-refractivity contribution in [2.24, 2.45) is 0 Å². The van der Waals surface area contributed by atoms with Gasteiger partial charge in [0.2, 0.25) is 5.91 Å². The van der Waals surface area contributed by atoms with E-state index in [0.29, 0.717) is 18.4 Å². The van der Waals surface area contributed by atoms with Crippen LogP contribution in [0.2, 0.25) is 0 Å². The van der Waals surface area contributed by atoms with Gasteiger partial charge in [-0.2, -0.15) is 0 Å². The van der Waals surface area contributed by atoms with Crippen molar-refractivity contribution in [3.05, 3.63) is 83.4 Å². The number of amides is 2. The maximum atomic E-state index is 13.2. The maximum absolute atomic E-state index is 13.2. The van der Waals surface area contributed by atoms with Crippen molar-refractivity contribution in [2.75, 3.05) is 0 Å². The molecule has 6 nitrogen and oxygen atoms in total. The lowest BCUT2D eigenvalue weighted by atomic mass is 10.0. The van der Waals surface area contributed by atoms with Crippen LogP contribution in [0.15, 0.2) is 60.8 Å². The number of carbonyl (C=O) groups is 2. The molecule has 1 atom stereocenters. The summed E-state index contributed by atoms with van der Waals surface area (Å²) in [6.45, 7) is 1.96. The lowest BCUT2D eigenvalue weighted by Gasteiger charge is -2.22. The fourth-order valence-electron chi connectivity index (χ4n) is 4.19. The molecule has 2 heterocycles. The van der Waals surface area contributed by atoms with Crippen molar-refractivity contribution in [1.29, 1.82) is 0 Å². The minimum atomic E-state index is -0.821. The Kier molecular flexibility index (Phi) is 4.42. The van der Waals surface area contributed by atoms with Crippen LogP contribution >= 0.6 is 0 Å². The molecule has 6 heteroatoms. The average Bonchev–Trinajstić information content (AvgIpc) is 3.47. The number of carbonyl (C=O) groups excluding carboxylic acids is 2. The molecule has 30 heavy (non-hydrogen) atoms. The van der Waals surface area contributed by atoms with Crippen molar-refractivity contribution in [3.8, 4) is 5.69 Å². The highest BCUT2D eigenvalue weighted by Crippen LogP contribution is 2.37. The third-order valence-corrected chi connectivity index (χ3v) is 6.00. The van der Waals surface area contributed by atoms with Crippen LogP contribution in [0, 0.1) is 6.92 Å². The Labute approximate surface area is 175 Å². The molecule has 0 saturated heterocycles. The Morgan fingerprint density at radius 2 is 1.80 bits per heavy atom. The Bertz CT molecular complexity index is 1120. The van der Waals surface area contributed by atoms with E-state index in [1.54, 1.807) is 12.1 Å². The standard InChI is InChI=1S/C24H24N4O2/c1-16-15-28-20-10-6-5-7-17(20)11-12-19(21(28)25-16)26-23(30)24(13-14-24)27-22(29)18-8-3-2-4-9-18/h2-10,15,19H,11-14H2,1H3,(H,26,30)(H,27,29). The van der Waals surface area contributed by atoms with Gasteiger partial charge in [0, 0.05) is 17.4 Å². The van der Waals surface area contributed by atoms with Gasteiger partial charge in [0.1, 0.15) is 11.4 Å². The molecule has 1 saturated carbocycles. The number of hydrogen-bond acceptors (Lipinski definition) is 3. The molecule has 2 N–H and O–H groups in total. The Balaban J connectivity index is 1.37. The van der Waals surface area contributed by atoms with Gasteiger partial charge in [-0.1, -0.05) is 36.4 Å². The second-order valence-electron chi connectivity index (χ2n) is 8.21. The molecule has 1 unspecified atom stereocenters. The van der Waals surface area contributed by atoms with Crippen LogP contribution in [0.3, 0.4) is 0 Å². The molecular weight excluding hydrogens is 376 g/mol. The maximum Gasteiger partial charge on any atom is 0.252 e. The Morgan fingerprint density at radius 3 is 2.57 bits per heavy atom. The predicted octanol–water partition coefficient (Wildman–Crippen LogP) is 3.25. The number of imidazole rings is 1. The summed E-state index contributed by atoms with van der Waals surface area (Å²) in [6.07, 6.45) is 4.94. The minimum absolute atomic E-state index is 0.130. The monoisotopic (exact) mass is 400 g/mol. The molecule has 3 aromatic rings. The van der Waals surface area contributed by atoms with Crippen LogP contribution in [-0.4, -0.2) is 26.9 Å². The zero-order chi connectivity index (χ0) is 20.7. The molecular formula is C24H24N4O2. The fraction of sp³-hybridized carbons (Fsp3) is 0.292. The van der Waals surface area contributed by atoms with E-state index < -0.39 is 5.54 Å². The van der Waals surface area contributed by atoms with E-state index in [0.717, 1.165) is 30.0 Å². The smallest absolute Gasteiger partial charge is 0.252 e. The third kappa shape index (κ3) is 3.28. The summed E-state index contributed by atoms with van der Waals surface area (Å²) in [5, 5.41) is 6.14. The van der Waals surface area contributed by atoms with E-state index in [1.807, 2.05) is 43.5 Å². The normalized spacial score (nSPS) is 18.5. The number of aryl methyl sites for hydroxylation is 2. The first-order valence-electron chi connectivity index (χ1n) is 10.4. The van der Waals surface area contributed by atoms with Gasteiger partial charge in [-0.15, -0.1) is 0 Å². The van der Waals surface area contributed by atoms with Crippen LogP contribution in [0.25, 0.3) is 5.69 Å². The number of benzene rings is 2. The number of rotatable bonds is 4. The van der Waals surface area contributed by atoms with Crippen molar-refractivity contribution >= 4 is 11.8 Å². The van der Waals surface area contributed by atoms with Gasteiger partial charge in [-0.3, -0.25) is 9.59 Å². The van der Waals surface area contributed by atoms with Gasteiger partial charge in [0.15, 0.2) is 0 Å². The number of fused-ring (bicyclic) bond motifs is 3. The van der Waals surface area contributed by atoms with Crippen molar-refractivity contribution < 1.29 is 9.59 Å². The summed E-state index contributed by atoms with van der Waals surface area (Å²) in [7, 11) is 0. The van der Waals surface area contributed by atoms with E-state index >= 15 is 0 Å². The van der Waals surface area contributed by atoms with E-state index in [2.05, 4.69) is 27.3 Å². The topological polar surface area (TPSA) is 76.0 Å². The summed E-state index contributed by atoms with van der Waals surface area (Å²) in [4.78, 5) is 30.5. The average molecular weight is 400 g/mol. The van der Waals surface area contributed by atoms with Crippen LogP contribution in [-0.2, 0) is 11.2 Å². The summed E-state index contributed by atoms with van der Waals surface area (Å²) in [5.74, 6) is 0.500. The first kappa shape index (κ1) is 18.6. The molecule has 2 amide bonds. The van der Waals surface area contributed by atoms with E-state index in [4.69, 9.17) is 4.98 Å². The van der Waals surface area contributed by atoms with Crippen LogP contribution in [0.1, 0.15) is 52.7 Å². The number of aromatic nitrogens is 2. The van der Waals surface area contributed by atoms with Crippen LogP contribution in [0.5, 0.6) is 0 Å². The molecule has 5 rings (SSSR count). The second-order valence-corrected chi connectivity index (χ2v) is 8.21.